The second kappa shape index (κ2) is 6.58. The summed E-state index contributed by atoms with van der Waals surface area (Å²) in [6.07, 6.45) is 9.19. The van der Waals surface area contributed by atoms with Gasteiger partial charge in [-0.1, -0.05) is 30.1 Å². The van der Waals surface area contributed by atoms with Crippen LogP contribution >= 0.6 is 0 Å². The normalized spacial score (nSPS) is 25.0. The molecule has 0 aromatic carbocycles. The van der Waals surface area contributed by atoms with E-state index in [0.29, 0.717) is 0 Å². The Bertz CT molecular complexity index is 448. The van der Waals surface area contributed by atoms with Crippen LogP contribution in [0.25, 0.3) is 0 Å². The summed E-state index contributed by atoms with van der Waals surface area (Å²) in [5, 5.41) is 9.74. The third-order valence-electron chi connectivity index (χ3n) is 3.75. The minimum Gasteiger partial charge on any atom is -0.378 e. The first kappa shape index (κ1) is 15.3. The van der Waals surface area contributed by atoms with Gasteiger partial charge < -0.3 is 5.11 Å². The molecule has 1 heterocycles. The number of piperazine rings is 1. The van der Waals surface area contributed by atoms with E-state index in [2.05, 4.69) is 46.9 Å². The second-order valence-electron chi connectivity index (χ2n) is 6.32. The van der Waals surface area contributed by atoms with Crippen LogP contribution in [0.2, 0.25) is 0 Å². The largest absolute Gasteiger partial charge is 0.378 e. The molecule has 1 aliphatic carbocycles. The highest BCUT2D eigenvalue weighted by Gasteiger charge is 2.23. The third-order valence-corrected chi connectivity index (χ3v) is 3.75. The Morgan fingerprint density at radius 2 is 2.15 bits per heavy atom. The maximum Gasteiger partial charge on any atom is 0.120 e. The first-order valence-corrected chi connectivity index (χ1v) is 7.47. The Morgan fingerprint density at radius 1 is 1.35 bits per heavy atom. The van der Waals surface area contributed by atoms with Crippen molar-refractivity contribution in [3.8, 4) is 11.8 Å². The van der Waals surface area contributed by atoms with Gasteiger partial charge in [0, 0.05) is 26.2 Å². The molecule has 0 bridgehead atoms. The fourth-order valence-electron chi connectivity index (χ4n) is 2.53. The molecule has 3 heteroatoms. The van der Waals surface area contributed by atoms with Gasteiger partial charge in [0.2, 0.25) is 0 Å². The lowest BCUT2D eigenvalue weighted by Gasteiger charge is -2.37. The maximum absolute atomic E-state index is 9.74. The lowest BCUT2D eigenvalue weighted by atomic mass is 10.1. The highest BCUT2D eigenvalue weighted by atomic mass is 16.3. The third kappa shape index (κ3) is 4.79. The molecule has 1 saturated heterocycles. The molecule has 1 atom stereocenters. The van der Waals surface area contributed by atoms with Gasteiger partial charge in [-0.25, -0.2) is 0 Å². The Labute approximate surface area is 123 Å². The van der Waals surface area contributed by atoms with Crippen molar-refractivity contribution in [1.29, 1.82) is 0 Å². The summed E-state index contributed by atoms with van der Waals surface area (Å²) in [6.45, 7) is 7.55. The van der Waals surface area contributed by atoms with E-state index in [-0.39, 0.29) is 6.04 Å². The number of hydrogen-bond acceptors (Lipinski definition) is 3. The molecule has 1 aliphatic heterocycles. The molecule has 0 radical (unpaired) electrons. The van der Waals surface area contributed by atoms with Gasteiger partial charge in [-0.15, -0.1) is 0 Å². The molecule has 20 heavy (non-hydrogen) atoms. The van der Waals surface area contributed by atoms with Crippen LogP contribution in [0.1, 0.15) is 26.7 Å². The molecule has 0 spiro atoms. The van der Waals surface area contributed by atoms with E-state index >= 15 is 0 Å². The minimum absolute atomic E-state index is 0.211. The number of likely N-dealkylation sites (N-methyl/N-ethyl adjacent to an activating group) is 1. The lowest BCUT2D eigenvalue weighted by molar-refractivity contribution is 0.128. The van der Waals surface area contributed by atoms with Crippen LogP contribution in [0.3, 0.4) is 0 Å². The lowest BCUT2D eigenvalue weighted by Crippen LogP contribution is -2.51. The maximum atomic E-state index is 9.74. The second-order valence-corrected chi connectivity index (χ2v) is 6.32. The van der Waals surface area contributed by atoms with E-state index in [1.54, 1.807) is 13.8 Å². The summed E-state index contributed by atoms with van der Waals surface area (Å²) >= 11 is 0. The zero-order chi connectivity index (χ0) is 14.6. The molecule has 1 unspecified atom stereocenters. The highest BCUT2D eigenvalue weighted by Crippen LogP contribution is 2.14. The number of allylic oxidation sites excluding steroid dienone is 2. The topological polar surface area (TPSA) is 26.7 Å². The van der Waals surface area contributed by atoms with Crippen molar-refractivity contribution in [3.05, 3.63) is 23.8 Å². The van der Waals surface area contributed by atoms with Crippen molar-refractivity contribution >= 4 is 0 Å². The molecule has 110 valence electrons. The number of nitrogens with zero attached hydrogens (tertiary/aromatic N) is 2. The van der Waals surface area contributed by atoms with Crippen molar-refractivity contribution in [3.63, 3.8) is 0 Å². The Morgan fingerprint density at radius 3 is 2.80 bits per heavy atom. The molecule has 1 fully saturated rings. The average molecular weight is 274 g/mol. The molecule has 0 amide bonds. The van der Waals surface area contributed by atoms with Gasteiger partial charge in [0.1, 0.15) is 5.60 Å². The molecule has 3 nitrogen and oxygen atoms in total. The molecule has 1 N–H and O–H groups in total. The average Bonchev–Trinajstić information content (AvgIpc) is 2.40. The zero-order valence-corrected chi connectivity index (χ0v) is 12.9. The highest BCUT2D eigenvalue weighted by molar-refractivity contribution is 5.24. The quantitative estimate of drug-likeness (QED) is 0.776. The van der Waals surface area contributed by atoms with E-state index in [1.165, 1.54) is 18.4 Å². The van der Waals surface area contributed by atoms with Crippen molar-refractivity contribution in [2.75, 3.05) is 33.2 Å². The molecule has 0 aromatic rings. The summed E-state index contributed by atoms with van der Waals surface area (Å²) < 4.78 is 0. The van der Waals surface area contributed by atoms with Crippen molar-refractivity contribution < 1.29 is 5.11 Å². The molecule has 0 aromatic heterocycles. The first-order valence-electron chi connectivity index (χ1n) is 7.47. The molecule has 0 saturated carbocycles. The SMILES string of the molecule is CN1CCN(CC2=CCCC=C2)CC1C#CC(C)(C)O. The van der Waals surface area contributed by atoms with E-state index in [9.17, 15) is 5.11 Å². The van der Waals surface area contributed by atoms with Crippen LogP contribution in [0.5, 0.6) is 0 Å². The van der Waals surface area contributed by atoms with Crippen molar-refractivity contribution in [2.45, 2.75) is 38.3 Å². The van der Waals surface area contributed by atoms with Crippen molar-refractivity contribution in [2.24, 2.45) is 0 Å². The summed E-state index contributed by atoms with van der Waals surface area (Å²) in [5.41, 5.74) is 0.521. The van der Waals surface area contributed by atoms with Crippen LogP contribution < -0.4 is 0 Å². The monoisotopic (exact) mass is 274 g/mol. The predicted molar refractivity (Wildman–Crippen MR) is 83.4 cm³/mol. The van der Waals surface area contributed by atoms with E-state index in [4.69, 9.17) is 0 Å². The van der Waals surface area contributed by atoms with Gasteiger partial charge in [-0.05, 0) is 39.3 Å². The molecule has 2 aliphatic rings. The standard InChI is InChI=1S/C17H26N2O/c1-17(2,20)10-9-16-14-19(12-11-18(16)3)13-15-7-5-4-6-8-15/h5,7-8,16,20H,4,6,11-14H2,1-3H3. The van der Waals surface area contributed by atoms with E-state index < -0.39 is 5.60 Å². The summed E-state index contributed by atoms with van der Waals surface area (Å²) in [6, 6.07) is 0.211. The number of hydrogen-bond donors (Lipinski definition) is 1. The Hall–Kier alpha value is -1.08. The first-order chi connectivity index (χ1) is 9.44. The van der Waals surface area contributed by atoms with Crippen LogP contribution in [0, 0.1) is 11.8 Å². The fourth-order valence-corrected chi connectivity index (χ4v) is 2.53. The van der Waals surface area contributed by atoms with Crippen LogP contribution in [0.4, 0.5) is 0 Å². The van der Waals surface area contributed by atoms with E-state index in [1.807, 2.05) is 0 Å². The van der Waals surface area contributed by atoms with Gasteiger partial charge in [-0.2, -0.15) is 0 Å². The summed E-state index contributed by atoms with van der Waals surface area (Å²) in [4.78, 5) is 4.74. The smallest absolute Gasteiger partial charge is 0.120 e. The fraction of sp³-hybridized carbons (Fsp3) is 0.647. The van der Waals surface area contributed by atoms with Crippen LogP contribution in [0.15, 0.2) is 23.8 Å². The van der Waals surface area contributed by atoms with Gasteiger partial charge >= 0.3 is 0 Å². The van der Waals surface area contributed by atoms with Gasteiger partial charge in [0.25, 0.3) is 0 Å². The van der Waals surface area contributed by atoms with Crippen LogP contribution in [-0.4, -0.2) is 59.8 Å². The van der Waals surface area contributed by atoms with Gasteiger partial charge in [-0.3, -0.25) is 9.80 Å². The summed E-state index contributed by atoms with van der Waals surface area (Å²) in [5.74, 6) is 6.18. The number of rotatable bonds is 2. The van der Waals surface area contributed by atoms with Crippen molar-refractivity contribution in [1.82, 2.24) is 9.80 Å². The van der Waals surface area contributed by atoms with Gasteiger partial charge in [0.05, 0.1) is 6.04 Å². The summed E-state index contributed by atoms with van der Waals surface area (Å²) in [7, 11) is 2.11. The number of aliphatic hydroxyl groups is 1. The Balaban J connectivity index is 1.95. The predicted octanol–water partition coefficient (Wildman–Crippen LogP) is 1.65. The Kier molecular flexibility index (Phi) is 5.04. The molecule has 2 rings (SSSR count). The molecular weight excluding hydrogens is 248 g/mol. The van der Waals surface area contributed by atoms with Crippen LogP contribution in [-0.2, 0) is 0 Å². The van der Waals surface area contributed by atoms with Gasteiger partial charge in [0.15, 0.2) is 0 Å². The minimum atomic E-state index is -0.905. The zero-order valence-electron chi connectivity index (χ0n) is 12.9. The van der Waals surface area contributed by atoms with E-state index in [0.717, 1.165) is 26.2 Å². The molecular formula is C17H26N2O.